The van der Waals surface area contributed by atoms with E-state index < -0.39 is 4.92 Å². The lowest BCUT2D eigenvalue weighted by Gasteiger charge is -2.08. The van der Waals surface area contributed by atoms with Crippen LogP contribution >= 0.6 is 11.8 Å². The Bertz CT molecular complexity index is 427. The van der Waals surface area contributed by atoms with Gasteiger partial charge in [0, 0.05) is 12.4 Å². The molecule has 0 spiro atoms. The predicted molar refractivity (Wildman–Crippen MR) is 64.8 cm³/mol. The third-order valence-corrected chi connectivity index (χ3v) is 3.34. The molecule has 7 nitrogen and oxygen atoms in total. The van der Waals surface area contributed by atoms with Crippen molar-refractivity contribution in [1.82, 2.24) is 9.97 Å². The average molecular weight is 258 g/mol. The first-order valence-electron chi connectivity index (χ1n) is 4.97. The van der Waals surface area contributed by atoms with Crippen molar-refractivity contribution < 1.29 is 10.0 Å². The van der Waals surface area contributed by atoms with Gasteiger partial charge in [0.05, 0.1) is 4.92 Å². The maximum absolute atomic E-state index is 10.9. The zero-order valence-corrected chi connectivity index (χ0v) is 10.4. The van der Waals surface area contributed by atoms with Crippen LogP contribution in [0, 0.1) is 23.0 Å². The zero-order valence-electron chi connectivity index (χ0n) is 9.58. The van der Waals surface area contributed by atoms with Crippen molar-refractivity contribution in [2.45, 2.75) is 18.9 Å². The van der Waals surface area contributed by atoms with Crippen LogP contribution in [0.3, 0.4) is 0 Å². The summed E-state index contributed by atoms with van der Waals surface area (Å²) in [6, 6.07) is 0. The summed E-state index contributed by atoms with van der Waals surface area (Å²) in [5, 5.41) is 20.0. The molecule has 1 aromatic heterocycles. The monoisotopic (exact) mass is 258 g/mol. The van der Waals surface area contributed by atoms with Gasteiger partial charge in [0.1, 0.15) is 5.69 Å². The Kier molecular flexibility index (Phi) is 4.64. The number of aliphatic hydroxyl groups excluding tert-OH is 1. The van der Waals surface area contributed by atoms with E-state index in [4.69, 9.17) is 10.8 Å². The quantitative estimate of drug-likeness (QED) is 0.350. The molecule has 1 atom stereocenters. The number of nitrogen functional groups attached to an aromatic ring is 1. The van der Waals surface area contributed by atoms with E-state index in [1.54, 1.807) is 0 Å². The third-order valence-electron chi connectivity index (χ3n) is 2.04. The van der Waals surface area contributed by atoms with Gasteiger partial charge < -0.3 is 10.8 Å². The summed E-state index contributed by atoms with van der Waals surface area (Å²) in [6.07, 6.45) is 0. The smallest absolute Gasteiger partial charge is 0.322 e. The van der Waals surface area contributed by atoms with Crippen LogP contribution in [-0.2, 0) is 0 Å². The molecule has 0 saturated carbocycles. The molecule has 0 bridgehead atoms. The molecular weight excluding hydrogens is 244 g/mol. The average Bonchev–Trinajstić information content (AvgIpc) is 2.24. The topological polar surface area (TPSA) is 115 Å². The van der Waals surface area contributed by atoms with Crippen molar-refractivity contribution in [1.29, 1.82) is 0 Å². The van der Waals surface area contributed by atoms with E-state index in [0.717, 1.165) is 0 Å². The second kappa shape index (κ2) is 5.78. The van der Waals surface area contributed by atoms with Gasteiger partial charge >= 0.3 is 5.69 Å². The van der Waals surface area contributed by atoms with Crippen LogP contribution < -0.4 is 5.73 Å². The molecule has 0 amide bonds. The molecule has 8 heteroatoms. The summed E-state index contributed by atoms with van der Waals surface area (Å²) < 4.78 is 0. The minimum Gasteiger partial charge on any atom is -0.396 e. The van der Waals surface area contributed by atoms with Gasteiger partial charge in [-0.3, -0.25) is 10.1 Å². The van der Waals surface area contributed by atoms with Crippen molar-refractivity contribution in [3.05, 3.63) is 15.8 Å². The Balaban J connectivity index is 3.00. The molecule has 17 heavy (non-hydrogen) atoms. The van der Waals surface area contributed by atoms with Crippen LogP contribution in [-0.4, -0.2) is 32.4 Å². The molecule has 1 aromatic rings. The highest BCUT2D eigenvalue weighted by Gasteiger charge is 2.22. The number of hydrogen-bond acceptors (Lipinski definition) is 7. The Labute approximate surface area is 103 Å². The molecule has 0 aliphatic rings. The minimum atomic E-state index is -0.513. The summed E-state index contributed by atoms with van der Waals surface area (Å²) in [6.45, 7) is 3.40. The number of aryl methyl sites for hydroxylation is 1. The van der Waals surface area contributed by atoms with Crippen molar-refractivity contribution in [2.75, 3.05) is 18.1 Å². The van der Waals surface area contributed by atoms with Crippen LogP contribution in [0.1, 0.15) is 12.6 Å². The molecule has 1 rings (SSSR count). The predicted octanol–water partition coefficient (Wildman–Crippen LogP) is 0.996. The molecule has 1 heterocycles. The fourth-order valence-corrected chi connectivity index (χ4v) is 2.21. The molecule has 0 aromatic carbocycles. The van der Waals surface area contributed by atoms with Gasteiger partial charge in [-0.25, -0.2) is 4.98 Å². The van der Waals surface area contributed by atoms with E-state index >= 15 is 0 Å². The summed E-state index contributed by atoms with van der Waals surface area (Å²) in [5.74, 6) is 0.594. The van der Waals surface area contributed by atoms with Crippen molar-refractivity contribution in [3.63, 3.8) is 0 Å². The summed E-state index contributed by atoms with van der Waals surface area (Å²) in [7, 11) is 0. The standard InChI is InChI=1S/C9H14N4O3S/c1-5(3-14)4-17-8-7(13(15)16)6(2)11-9(10)12-8/h5,14H,3-4H2,1-2H3,(H2,10,11,12). The lowest BCUT2D eigenvalue weighted by molar-refractivity contribution is -0.389. The van der Waals surface area contributed by atoms with Gasteiger partial charge in [-0.05, 0) is 12.8 Å². The molecule has 0 aliphatic heterocycles. The normalized spacial score (nSPS) is 12.4. The van der Waals surface area contributed by atoms with Gasteiger partial charge in [-0.2, -0.15) is 4.98 Å². The van der Waals surface area contributed by atoms with Crippen molar-refractivity contribution in [2.24, 2.45) is 5.92 Å². The van der Waals surface area contributed by atoms with Gasteiger partial charge in [0.25, 0.3) is 0 Å². The Morgan fingerprint density at radius 3 is 2.76 bits per heavy atom. The van der Waals surface area contributed by atoms with Crippen molar-refractivity contribution in [3.8, 4) is 0 Å². The van der Waals surface area contributed by atoms with E-state index in [9.17, 15) is 10.1 Å². The maximum atomic E-state index is 10.9. The number of aliphatic hydroxyl groups is 1. The number of aromatic nitrogens is 2. The van der Waals surface area contributed by atoms with E-state index in [0.29, 0.717) is 5.75 Å². The van der Waals surface area contributed by atoms with Gasteiger partial charge in [-0.1, -0.05) is 18.7 Å². The molecule has 3 N–H and O–H groups in total. The van der Waals surface area contributed by atoms with Crippen molar-refractivity contribution >= 4 is 23.4 Å². The highest BCUT2D eigenvalue weighted by molar-refractivity contribution is 7.99. The molecule has 0 radical (unpaired) electrons. The second-order valence-corrected chi connectivity index (χ2v) is 4.69. The first-order chi connectivity index (χ1) is 7.95. The molecule has 0 saturated heterocycles. The molecule has 1 unspecified atom stereocenters. The van der Waals surface area contributed by atoms with E-state index in [2.05, 4.69) is 9.97 Å². The fourth-order valence-electron chi connectivity index (χ4n) is 1.15. The lowest BCUT2D eigenvalue weighted by Crippen LogP contribution is -2.07. The molecule has 0 aliphatic carbocycles. The number of nitrogens with two attached hydrogens (primary N) is 1. The number of thioether (sulfide) groups is 1. The third kappa shape index (κ3) is 3.53. The van der Waals surface area contributed by atoms with Gasteiger partial charge in [-0.15, -0.1) is 0 Å². The highest BCUT2D eigenvalue weighted by Crippen LogP contribution is 2.30. The Hall–Kier alpha value is -1.41. The van der Waals surface area contributed by atoms with Crippen LogP contribution in [0.5, 0.6) is 0 Å². The Morgan fingerprint density at radius 2 is 2.24 bits per heavy atom. The minimum absolute atomic E-state index is 0.0206. The summed E-state index contributed by atoms with van der Waals surface area (Å²) in [5.41, 5.74) is 5.59. The van der Waals surface area contributed by atoms with Crippen LogP contribution in [0.4, 0.5) is 11.6 Å². The lowest BCUT2D eigenvalue weighted by atomic mass is 10.2. The maximum Gasteiger partial charge on any atom is 0.322 e. The molecular formula is C9H14N4O3S. The first kappa shape index (κ1) is 13.7. The fraction of sp³-hybridized carbons (Fsp3) is 0.556. The van der Waals surface area contributed by atoms with Crippen LogP contribution in [0.15, 0.2) is 5.03 Å². The number of nitrogens with zero attached hydrogens (tertiary/aromatic N) is 3. The summed E-state index contributed by atoms with van der Waals surface area (Å²) in [4.78, 5) is 18.0. The largest absolute Gasteiger partial charge is 0.396 e. The van der Waals surface area contributed by atoms with Gasteiger partial charge in [0.2, 0.25) is 5.95 Å². The zero-order chi connectivity index (χ0) is 13.0. The number of hydrogen-bond donors (Lipinski definition) is 2. The van der Waals surface area contributed by atoms with Crippen LogP contribution in [0.2, 0.25) is 0 Å². The highest BCUT2D eigenvalue weighted by atomic mass is 32.2. The van der Waals surface area contributed by atoms with Gasteiger partial charge in [0.15, 0.2) is 5.03 Å². The molecule has 0 fully saturated rings. The Morgan fingerprint density at radius 1 is 1.59 bits per heavy atom. The number of nitro groups is 1. The first-order valence-corrected chi connectivity index (χ1v) is 5.96. The number of rotatable bonds is 5. The van der Waals surface area contributed by atoms with Crippen LogP contribution in [0.25, 0.3) is 0 Å². The second-order valence-electron chi connectivity index (χ2n) is 3.68. The van der Waals surface area contributed by atoms with E-state index in [1.807, 2.05) is 6.92 Å². The van der Waals surface area contributed by atoms with E-state index in [-0.39, 0.29) is 34.9 Å². The van der Waals surface area contributed by atoms with E-state index in [1.165, 1.54) is 18.7 Å². The SMILES string of the molecule is Cc1nc(N)nc(SCC(C)CO)c1[N+](=O)[O-]. The molecule has 94 valence electrons. The summed E-state index contributed by atoms with van der Waals surface area (Å²) >= 11 is 1.20. The number of anilines is 1.